The minimum absolute atomic E-state index is 0.0140. The highest BCUT2D eigenvalue weighted by molar-refractivity contribution is 5.97. The predicted octanol–water partition coefficient (Wildman–Crippen LogP) is 0.681. The Labute approximate surface area is 136 Å². The van der Waals surface area contributed by atoms with E-state index in [1.165, 1.54) is 32.3 Å². The van der Waals surface area contributed by atoms with Gasteiger partial charge in [0.1, 0.15) is 0 Å². The topological polar surface area (TPSA) is 98.9 Å². The number of carbonyl (C=O) groups is 1. The van der Waals surface area contributed by atoms with Crippen molar-refractivity contribution in [1.82, 2.24) is 19.1 Å². The SMILES string of the molecule is Cn1c(=O)c2nc3ccc(NC(=O)C(F)(F)F)cc3nc2n(C)c1=O. The van der Waals surface area contributed by atoms with Gasteiger partial charge >= 0.3 is 17.8 Å². The zero-order valence-electron chi connectivity index (χ0n) is 12.9. The van der Waals surface area contributed by atoms with Crippen molar-refractivity contribution >= 4 is 33.8 Å². The van der Waals surface area contributed by atoms with E-state index in [2.05, 4.69) is 9.97 Å². The lowest BCUT2D eigenvalue weighted by atomic mass is 10.2. The number of hydrogen-bond donors (Lipinski definition) is 1. The number of hydrogen-bond acceptors (Lipinski definition) is 5. The van der Waals surface area contributed by atoms with Crippen LogP contribution in [-0.4, -0.2) is 31.2 Å². The Hall–Kier alpha value is -3.24. The first-order valence-corrected chi connectivity index (χ1v) is 6.85. The Morgan fingerprint density at radius 1 is 1.08 bits per heavy atom. The lowest BCUT2D eigenvalue weighted by molar-refractivity contribution is -0.167. The van der Waals surface area contributed by atoms with Gasteiger partial charge in [0.05, 0.1) is 11.0 Å². The second-order valence-electron chi connectivity index (χ2n) is 5.26. The summed E-state index contributed by atoms with van der Waals surface area (Å²) in [6, 6.07) is 3.70. The Bertz CT molecular complexity index is 1150. The van der Waals surface area contributed by atoms with E-state index in [0.717, 1.165) is 9.13 Å². The predicted molar refractivity (Wildman–Crippen MR) is 82.2 cm³/mol. The molecule has 0 aliphatic heterocycles. The third kappa shape index (κ3) is 2.73. The van der Waals surface area contributed by atoms with E-state index in [1.54, 1.807) is 5.32 Å². The molecular formula is C14H10F3N5O3. The molecule has 2 aromatic heterocycles. The van der Waals surface area contributed by atoms with Crippen molar-refractivity contribution < 1.29 is 18.0 Å². The Balaban J connectivity index is 2.21. The van der Waals surface area contributed by atoms with Crippen LogP contribution in [0.2, 0.25) is 0 Å². The van der Waals surface area contributed by atoms with E-state index < -0.39 is 23.3 Å². The van der Waals surface area contributed by atoms with Gasteiger partial charge in [-0.1, -0.05) is 0 Å². The molecule has 0 saturated heterocycles. The number of aryl methyl sites for hydroxylation is 1. The number of anilines is 1. The van der Waals surface area contributed by atoms with E-state index >= 15 is 0 Å². The van der Waals surface area contributed by atoms with Crippen molar-refractivity contribution in [3.05, 3.63) is 39.0 Å². The van der Waals surface area contributed by atoms with Gasteiger partial charge in [0.15, 0.2) is 11.2 Å². The molecule has 1 aromatic carbocycles. The van der Waals surface area contributed by atoms with E-state index in [-0.39, 0.29) is 27.9 Å². The molecule has 2 heterocycles. The van der Waals surface area contributed by atoms with Crippen molar-refractivity contribution in [1.29, 1.82) is 0 Å². The third-order valence-electron chi connectivity index (χ3n) is 3.56. The van der Waals surface area contributed by atoms with Crippen LogP contribution in [0.1, 0.15) is 0 Å². The van der Waals surface area contributed by atoms with Crippen molar-refractivity contribution in [3.63, 3.8) is 0 Å². The van der Waals surface area contributed by atoms with Crippen molar-refractivity contribution in [2.24, 2.45) is 14.1 Å². The van der Waals surface area contributed by atoms with Gasteiger partial charge in [-0.2, -0.15) is 13.2 Å². The quantitative estimate of drug-likeness (QED) is 0.649. The highest BCUT2D eigenvalue weighted by Crippen LogP contribution is 2.21. The number of halogens is 3. The molecule has 0 saturated carbocycles. The molecule has 8 nitrogen and oxygen atoms in total. The summed E-state index contributed by atoms with van der Waals surface area (Å²) in [5.41, 5.74) is -1.11. The van der Waals surface area contributed by atoms with E-state index in [0.29, 0.717) is 0 Å². The fraction of sp³-hybridized carbons (Fsp3) is 0.214. The molecule has 1 N–H and O–H groups in total. The number of aromatic nitrogens is 4. The number of alkyl halides is 3. The molecule has 0 aliphatic rings. The first kappa shape index (κ1) is 16.6. The van der Waals surface area contributed by atoms with Gasteiger partial charge in [0.2, 0.25) is 0 Å². The van der Waals surface area contributed by atoms with Crippen LogP contribution in [0.25, 0.3) is 22.2 Å². The van der Waals surface area contributed by atoms with Crippen LogP contribution in [0.3, 0.4) is 0 Å². The molecule has 1 amide bonds. The normalized spacial score (nSPS) is 11.9. The van der Waals surface area contributed by atoms with E-state index in [9.17, 15) is 27.6 Å². The number of carbonyl (C=O) groups excluding carboxylic acids is 1. The fourth-order valence-corrected chi connectivity index (χ4v) is 2.26. The molecule has 0 spiro atoms. The van der Waals surface area contributed by atoms with E-state index in [4.69, 9.17) is 0 Å². The van der Waals surface area contributed by atoms with Gasteiger partial charge in [0, 0.05) is 19.8 Å². The maximum Gasteiger partial charge on any atom is 0.471 e. The second-order valence-corrected chi connectivity index (χ2v) is 5.26. The summed E-state index contributed by atoms with van der Waals surface area (Å²) < 4.78 is 38.9. The van der Waals surface area contributed by atoms with Crippen LogP contribution in [0.4, 0.5) is 18.9 Å². The lowest BCUT2D eigenvalue weighted by Gasteiger charge is -2.10. The molecule has 11 heteroatoms. The largest absolute Gasteiger partial charge is 0.471 e. The zero-order valence-corrected chi connectivity index (χ0v) is 12.9. The van der Waals surface area contributed by atoms with Gasteiger partial charge < -0.3 is 5.32 Å². The second kappa shape index (κ2) is 5.40. The van der Waals surface area contributed by atoms with Crippen LogP contribution in [0, 0.1) is 0 Å². The smallest absolute Gasteiger partial charge is 0.318 e. The number of fused-ring (bicyclic) bond motifs is 2. The van der Waals surface area contributed by atoms with Gasteiger partial charge in [-0.25, -0.2) is 14.8 Å². The number of nitrogens with one attached hydrogen (secondary N) is 1. The first-order chi connectivity index (χ1) is 11.6. The molecule has 3 aromatic rings. The number of nitrogens with zero attached hydrogens (tertiary/aromatic N) is 4. The minimum atomic E-state index is -5.03. The maximum atomic E-state index is 12.3. The van der Waals surface area contributed by atoms with Crippen LogP contribution in [0.15, 0.2) is 27.8 Å². The molecule has 25 heavy (non-hydrogen) atoms. The van der Waals surface area contributed by atoms with Crippen LogP contribution in [-0.2, 0) is 18.9 Å². The molecular weight excluding hydrogens is 343 g/mol. The zero-order chi connectivity index (χ0) is 18.5. The van der Waals surface area contributed by atoms with Crippen LogP contribution in [0.5, 0.6) is 0 Å². The first-order valence-electron chi connectivity index (χ1n) is 6.85. The molecule has 0 aliphatic carbocycles. The Morgan fingerprint density at radius 3 is 2.40 bits per heavy atom. The molecule has 0 fully saturated rings. The standard InChI is InChI=1S/C14H10F3N5O3/c1-21-10-9(11(23)22(2)13(21)25)19-7-4-3-6(5-8(7)20-10)18-12(24)14(15,16)17/h3-5H,1-2H3,(H,18,24). The van der Waals surface area contributed by atoms with Gasteiger partial charge in [0.25, 0.3) is 5.56 Å². The number of benzene rings is 1. The Morgan fingerprint density at radius 2 is 1.76 bits per heavy atom. The van der Waals surface area contributed by atoms with Crippen LogP contribution >= 0.6 is 0 Å². The Kier molecular flexibility index (Phi) is 3.59. The van der Waals surface area contributed by atoms with Crippen molar-refractivity contribution in [2.45, 2.75) is 6.18 Å². The molecule has 130 valence electrons. The maximum absolute atomic E-state index is 12.3. The van der Waals surface area contributed by atoms with Gasteiger partial charge in [-0.3, -0.25) is 18.7 Å². The van der Waals surface area contributed by atoms with Crippen LogP contribution < -0.4 is 16.6 Å². The molecule has 0 unspecified atom stereocenters. The van der Waals surface area contributed by atoms with Crippen molar-refractivity contribution in [3.8, 4) is 0 Å². The monoisotopic (exact) mass is 353 g/mol. The lowest BCUT2D eigenvalue weighted by Crippen LogP contribution is -2.37. The average Bonchev–Trinajstić information content (AvgIpc) is 2.56. The van der Waals surface area contributed by atoms with E-state index in [1.807, 2.05) is 0 Å². The summed E-state index contributed by atoms with van der Waals surface area (Å²) >= 11 is 0. The number of rotatable bonds is 1. The number of amides is 1. The third-order valence-corrected chi connectivity index (χ3v) is 3.56. The molecule has 0 atom stereocenters. The van der Waals surface area contributed by atoms with Crippen molar-refractivity contribution in [2.75, 3.05) is 5.32 Å². The fourth-order valence-electron chi connectivity index (χ4n) is 2.26. The summed E-state index contributed by atoms with van der Waals surface area (Å²) in [5.74, 6) is -2.12. The minimum Gasteiger partial charge on any atom is -0.318 e. The molecule has 0 bridgehead atoms. The highest BCUT2D eigenvalue weighted by Gasteiger charge is 2.38. The highest BCUT2D eigenvalue weighted by atomic mass is 19.4. The van der Waals surface area contributed by atoms with Gasteiger partial charge in [-0.15, -0.1) is 0 Å². The summed E-state index contributed by atoms with van der Waals surface area (Å²) in [4.78, 5) is 43.3. The molecule has 3 rings (SSSR count). The summed E-state index contributed by atoms with van der Waals surface area (Å²) in [6.45, 7) is 0. The summed E-state index contributed by atoms with van der Waals surface area (Å²) in [6.07, 6.45) is -5.03. The molecule has 0 radical (unpaired) electrons. The van der Waals surface area contributed by atoms with Gasteiger partial charge in [-0.05, 0) is 18.2 Å². The average molecular weight is 353 g/mol. The summed E-state index contributed by atoms with van der Waals surface area (Å²) in [5, 5.41) is 1.70. The summed E-state index contributed by atoms with van der Waals surface area (Å²) in [7, 11) is 2.69.